The molecule has 2 unspecified atom stereocenters. The lowest BCUT2D eigenvalue weighted by atomic mass is 9.85. The highest BCUT2D eigenvalue weighted by atomic mass is 32.2. The van der Waals surface area contributed by atoms with Crippen LogP contribution in [0.3, 0.4) is 0 Å². The molecule has 2 rings (SSSR count). The van der Waals surface area contributed by atoms with E-state index in [4.69, 9.17) is 0 Å². The molecule has 21 heavy (non-hydrogen) atoms. The number of aryl methyl sites for hydroxylation is 1. The SMILES string of the molecule is CC1CCCCC1N(C)C(=O)CCCSc1nnnn1C. The number of carbonyl (C=O) groups is 1. The smallest absolute Gasteiger partial charge is 0.222 e. The number of carbonyl (C=O) groups excluding carboxylic acids is 1. The lowest BCUT2D eigenvalue weighted by Gasteiger charge is -2.36. The minimum absolute atomic E-state index is 0.269. The van der Waals surface area contributed by atoms with Gasteiger partial charge in [-0.3, -0.25) is 4.79 Å². The molecule has 7 heteroatoms. The molecule has 0 aromatic carbocycles. The largest absolute Gasteiger partial charge is 0.343 e. The second kappa shape index (κ2) is 7.77. The molecule has 0 N–H and O–H groups in total. The average molecular weight is 311 g/mol. The highest BCUT2D eigenvalue weighted by Crippen LogP contribution is 2.27. The summed E-state index contributed by atoms with van der Waals surface area (Å²) in [5.74, 6) is 1.77. The van der Waals surface area contributed by atoms with Gasteiger partial charge in [0.05, 0.1) is 0 Å². The van der Waals surface area contributed by atoms with E-state index in [0.29, 0.717) is 18.4 Å². The van der Waals surface area contributed by atoms with Crippen LogP contribution in [0.1, 0.15) is 45.4 Å². The van der Waals surface area contributed by atoms with Crippen molar-refractivity contribution < 1.29 is 4.79 Å². The Balaban J connectivity index is 1.70. The van der Waals surface area contributed by atoms with Gasteiger partial charge in [-0.2, -0.15) is 0 Å². The van der Waals surface area contributed by atoms with Gasteiger partial charge in [-0.15, -0.1) is 5.10 Å². The van der Waals surface area contributed by atoms with Gasteiger partial charge in [-0.1, -0.05) is 31.5 Å². The zero-order chi connectivity index (χ0) is 15.2. The van der Waals surface area contributed by atoms with Crippen molar-refractivity contribution in [2.45, 2.75) is 56.6 Å². The number of aromatic nitrogens is 4. The maximum absolute atomic E-state index is 12.3. The topological polar surface area (TPSA) is 63.9 Å². The summed E-state index contributed by atoms with van der Waals surface area (Å²) in [6.45, 7) is 2.27. The Hall–Kier alpha value is -1.11. The van der Waals surface area contributed by atoms with Crippen molar-refractivity contribution in [1.82, 2.24) is 25.1 Å². The monoisotopic (exact) mass is 311 g/mol. The highest BCUT2D eigenvalue weighted by Gasteiger charge is 2.27. The van der Waals surface area contributed by atoms with Crippen LogP contribution in [-0.4, -0.2) is 49.9 Å². The molecule has 118 valence electrons. The fourth-order valence-corrected chi connectivity index (χ4v) is 3.75. The predicted octanol–water partition coefficient (Wildman–Crippen LogP) is 2.12. The van der Waals surface area contributed by atoms with Crippen molar-refractivity contribution in [3.63, 3.8) is 0 Å². The number of rotatable bonds is 6. The molecule has 1 amide bonds. The molecule has 1 aliphatic rings. The summed E-state index contributed by atoms with van der Waals surface area (Å²) in [5, 5.41) is 12.1. The quantitative estimate of drug-likeness (QED) is 0.595. The van der Waals surface area contributed by atoms with E-state index in [-0.39, 0.29) is 5.91 Å². The Morgan fingerprint density at radius 1 is 1.43 bits per heavy atom. The molecular formula is C14H25N5OS. The van der Waals surface area contributed by atoms with E-state index in [1.54, 1.807) is 16.4 Å². The predicted molar refractivity (Wildman–Crippen MR) is 82.9 cm³/mol. The van der Waals surface area contributed by atoms with Gasteiger partial charge < -0.3 is 4.90 Å². The molecule has 1 heterocycles. The van der Waals surface area contributed by atoms with Crippen molar-refractivity contribution in [2.24, 2.45) is 13.0 Å². The van der Waals surface area contributed by atoms with Gasteiger partial charge in [0.15, 0.2) is 0 Å². The minimum atomic E-state index is 0.269. The van der Waals surface area contributed by atoms with E-state index >= 15 is 0 Å². The molecular weight excluding hydrogens is 286 g/mol. The van der Waals surface area contributed by atoms with Crippen molar-refractivity contribution in [3.8, 4) is 0 Å². The van der Waals surface area contributed by atoms with Crippen molar-refractivity contribution >= 4 is 17.7 Å². The van der Waals surface area contributed by atoms with Gasteiger partial charge >= 0.3 is 0 Å². The van der Waals surface area contributed by atoms with Crippen LogP contribution in [-0.2, 0) is 11.8 Å². The Morgan fingerprint density at radius 2 is 2.19 bits per heavy atom. The third-order valence-corrected chi connectivity index (χ3v) is 5.40. The first-order chi connectivity index (χ1) is 10.1. The molecule has 1 aromatic heterocycles. The minimum Gasteiger partial charge on any atom is -0.343 e. The van der Waals surface area contributed by atoms with Gasteiger partial charge in [0.2, 0.25) is 11.1 Å². The molecule has 1 fully saturated rings. The summed E-state index contributed by atoms with van der Waals surface area (Å²) in [7, 11) is 3.79. The molecule has 1 aliphatic carbocycles. The van der Waals surface area contributed by atoms with Crippen LogP contribution in [0.25, 0.3) is 0 Å². The van der Waals surface area contributed by atoms with E-state index in [9.17, 15) is 4.79 Å². The van der Waals surface area contributed by atoms with E-state index in [1.807, 2.05) is 19.0 Å². The van der Waals surface area contributed by atoms with Gasteiger partial charge in [-0.25, -0.2) is 4.68 Å². The summed E-state index contributed by atoms with van der Waals surface area (Å²) in [6.07, 6.45) is 6.43. The fourth-order valence-electron chi connectivity index (χ4n) is 2.96. The maximum Gasteiger partial charge on any atom is 0.222 e. The second-order valence-corrected chi connectivity index (χ2v) is 6.93. The molecule has 0 spiro atoms. The molecule has 0 saturated heterocycles. The summed E-state index contributed by atoms with van der Waals surface area (Å²) in [6, 6.07) is 0.432. The molecule has 0 bridgehead atoms. The average Bonchev–Trinajstić information content (AvgIpc) is 2.88. The Bertz CT molecular complexity index is 464. The van der Waals surface area contributed by atoms with Crippen molar-refractivity contribution in [2.75, 3.05) is 12.8 Å². The Morgan fingerprint density at radius 3 is 2.86 bits per heavy atom. The summed E-state index contributed by atoms with van der Waals surface area (Å²) >= 11 is 1.60. The molecule has 0 aliphatic heterocycles. The first kappa shape index (κ1) is 16.3. The molecule has 6 nitrogen and oxygen atoms in total. The number of nitrogens with zero attached hydrogens (tertiary/aromatic N) is 5. The Labute approximate surface area is 130 Å². The van der Waals surface area contributed by atoms with Gasteiger partial charge in [0.25, 0.3) is 0 Å². The molecule has 1 aromatic rings. The second-order valence-electron chi connectivity index (χ2n) is 5.87. The van der Waals surface area contributed by atoms with E-state index in [1.165, 1.54) is 19.3 Å². The van der Waals surface area contributed by atoms with E-state index in [2.05, 4.69) is 22.4 Å². The van der Waals surface area contributed by atoms with Crippen LogP contribution in [0.4, 0.5) is 0 Å². The standard InChI is InChI=1S/C14H25N5OS/c1-11-7-4-5-8-12(11)18(2)13(20)9-6-10-21-14-15-16-17-19(14)3/h11-12H,4-10H2,1-3H3. The Kier molecular flexibility index (Phi) is 6.02. The summed E-state index contributed by atoms with van der Waals surface area (Å²) < 4.78 is 1.66. The van der Waals surface area contributed by atoms with Gasteiger partial charge in [-0.05, 0) is 35.6 Å². The van der Waals surface area contributed by atoms with Crippen LogP contribution in [0.15, 0.2) is 5.16 Å². The van der Waals surface area contributed by atoms with Crippen molar-refractivity contribution in [3.05, 3.63) is 0 Å². The van der Waals surface area contributed by atoms with Crippen molar-refractivity contribution in [1.29, 1.82) is 0 Å². The molecule has 1 saturated carbocycles. The fraction of sp³-hybridized carbons (Fsp3) is 0.857. The van der Waals surface area contributed by atoms with Crippen LogP contribution >= 0.6 is 11.8 Å². The normalized spacial score (nSPS) is 22.2. The summed E-state index contributed by atoms with van der Waals surface area (Å²) in [4.78, 5) is 14.3. The van der Waals surface area contributed by atoms with Crippen LogP contribution < -0.4 is 0 Å². The first-order valence-electron chi connectivity index (χ1n) is 7.70. The van der Waals surface area contributed by atoms with Crippen LogP contribution in [0, 0.1) is 5.92 Å². The molecule has 0 radical (unpaired) electrons. The van der Waals surface area contributed by atoms with E-state index < -0.39 is 0 Å². The third-order valence-electron chi connectivity index (χ3n) is 4.30. The number of hydrogen-bond acceptors (Lipinski definition) is 5. The lowest BCUT2D eigenvalue weighted by Crippen LogP contribution is -2.42. The number of tetrazole rings is 1. The lowest BCUT2D eigenvalue weighted by molar-refractivity contribution is -0.133. The number of thioether (sulfide) groups is 1. The van der Waals surface area contributed by atoms with Crippen LogP contribution in [0.2, 0.25) is 0 Å². The van der Waals surface area contributed by atoms with E-state index in [0.717, 1.165) is 23.8 Å². The third kappa shape index (κ3) is 4.43. The zero-order valence-electron chi connectivity index (χ0n) is 13.2. The number of hydrogen-bond donors (Lipinski definition) is 0. The molecule has 2 atom stereocenters. The summed E-state index contributed by atoms with van der Waals surface area (Å²) in [5.41, 5.74) is 0. The number of amides is 1. The van der Waals surface area contributed by atoms with Crippen LogP contribution in [0.5, 0.6) is 0 Å². The maximum atomic E-state index is 12.3. The van der Waals surface area contributed by atoms with Gasteiger partial charge in [0, 0.05) is 32.3 Å². The first-order valence-corrected chi connectivity index (χ1v) is 8.69. The van der Waals surface area contributed by atoms with Gasteiger partial charge in [0.1, 0.15) is 0 Å². The highest BCUT2D eigenvalue weighted by molar-refractivity contribution is 7.99. The zero-order valence-corrected chi connectivity index (χ0v) is 14.0.